The van der Waals surface area contributed by atoms with Crippen LogP contribution in [0.1, 0.15) is 10.4 Å². The highest BCUT2D eigenvalue weighted by Crippen LogP contribution is 2.19. The number of nitrogens with zero attached hydrogens (tertiary/aromatic N) is 3. The Hall–Kier alpha value is -2.14. The third-order valence-electron chi connectivity index (χ3n) is 2.39. The first-order chi connectivity index (χ1) is 8.59. The Kier molecular flexibility index (Phi) is 3.43. The Morgan fingerprint density at radius 1 is 1.39 bits per heavy atom. The quantitative estimate of drug-likeness (QED) is 0.840. The number of aromatic nitrogens is 2. The molecule has 2 aromatic rings. The van der Waals surface area contributed by atoms with E-state index < -0.39 is 0 Å². The van der Waals surface area contributed by atoms with E-state index in [0.717, 1.165) is 0 Å². The zero-order chi connectivity index (χ0) is 13.1. The van der Waals surface area contributed by atoms with E-state index in [2.05, 4.69) is 9.97 Å². The van der Waals surface area contributed by atoms with Gasteiger partial charge in [-0.15, -0.1) is 0 Å². The lowest BCUT2D eigenvalue weighted by atomic mass is 10.2. The molecule has 0 fully saturated rings. The van der Waals surface area contributed by atoms with Crippen LogP contribution in [-0.4, -0.2) is 22.9 Å². The molecule has 18 heavy (non-hydrogen) atoms. The van der Waals surface area contributed by atoms with Gasteiger partial charge in [0.15, 0.2) is 0 Å². The van der Waals surface area contributed by atoms with Crippen molar-refractivity contribution in [3.8, 4) is 0 Å². The van der Waals surface area contributed by atoms with Crippen LogP contribution < -0.4 is 10.6 Å². The van der Waals surface area contributed by atoms with Gasteiger partial charge in [0.25, 0.3) is 5.91 Å². The van der Waals surface area contributed by atoms with Crippen LogP contribution in [0.5, 0.6) is 0 Å². The summed E-state index contributed by atoms with van der Waals surface area (Å²) in [5.41, 5.74) is 6.24. The van der Waals surface area contributed by atoms with Crippen molar-refractivity contribution in [3.05, 3.63) is 47.4 Å². The molecule has 5 nitrogen and oxygen atoms in total. The van der Waals surface area contributed by atoms with Gasteiger partial charge in [0, 0.05) is 13.2 Å². The summed E-state index contributed by atoms with van der Waals surface area (Å²) in [4.78, 5) is 21.6. The fourth-order valence-electron chi connectivity index (χ4n) is 1.45. The maximum atomic E-state index is 12.2. The van der Waals surface area contributed by atoms with Gasteiger partial charge in [-0.1, -0.05) is 17.7 Å². The minimum atomic E-state index is -0.307. The average molecular weight is 263 g/mol. The average Bonchev–Trinajstić information content (AvgIpc) is 2.41. The molecule has 0 aliphatic rings. The molecule has 0 aliphatic heterocycles. The molecule has 0 aliphatic carbocycles. The SMILES string of the molecule is CN(C(=O)c1cc(N)cnc1Cl)c1ccccn1. The van der Waals surface area contributed by atoms with Crippen LogP contribution in [0.25, 0.3) is 0 Å². The first-order valence-electron chi connectivity index (χ1n) is 5.19. The number of hydrogen-bond acceptors (Lipinski definition) is 4. The fourth-order valence-corrected chi connectivity index (χ4v) is 1.64. The molecule has 2 N–H and O–H groups in total. The van der Waals surface area contributed by atoms with E-state index >= 15 is 0 Å². The summed E-state index contributed by atoms with van der Waals surface area (Å²) in [5, 5.41) is 0.122. The van der Waals surface area contributed by atoms with Gasteiger partial charge in [0.1, 0.15) is 11.0 Å². The molecule has 2 aromatic heterocycles. The lowest BCUT2D eigenvalue weighted by Gasteiger charge is -2.16. The van der Waals surface area contributed by atoms with Crippen molar-refractivity contribution in [1.82, 2.24) is 9.97 Å². The largest absolute Gasteiger partial charge is 0.397 e. The number of nitrogens with two attached hydrogens (primary N) is 1. The highest BCUT2D eigenvalue weighted by Gasteiger charge is 2.18. The number of carbonyl (C=O) groups is 1. The van der Waals surface area contributed by atoms with Crippen LogP contribution in [0.2, 0.25) is 5.15 Å². The first kappa shape index (κ1) is 12.3. The van der Waals surface area contributed by atoms with E-state index in [9.17, 15) is 4.79 Å². The van der Waals surface area contributed by atoms with Crippen molar-refractivity contribution < 1.29 is 4.79 Å². The van der Waals surface area contributed by atoms with E-state index in [4.69, 9.17) is 17.3 Å². The van der Waals surface area contributed by atoms with Crippen LogP contribution >= 0.6 is 11.6 Å². The second-order valence-corrected chi connectivity index (χ2v) is 4.02. The molecule has 2 heterocycles. The molecule has 0 saturated carbocycles. The fraction of sp³-hybridized carbons (Fsp3) is 0.0833. The van der Waals surface area contributed by atoms with Gasteiger partial charge in [-0.05, 0) is 18.2 Å². The van der Waals surface area contributed by atoms with Crippen LogP contribution in [-0.2, 0) is 0 Å². The van der Waals surface area contributed by atoms with E-state index in [1.54, 1.807) is 31.4 Å². The van der Waals surface area contributed by atoms with Crippen LogP contribution in [0.15, 0.2) is 36.7 Å². The van der Waals surface area contributed by atoms with Crippen LogP contribution in [0.4, 0.5) is 11.5 Å². The van der Waals surface area contributed by atoms with E-state index in [1.807, 2.05) is 0 Å². The predicted octanol–water partition coefficient (Wildman–Crippen LogP) is 1.99. The molecule has 0 atom stereocenters. The Labute approximate surface area is 109 Å². The molecule has 0 unspecified atom stereocenters. The Morgan fingerprint density at radius 3 is 2.83 bits per heavy atom. The lowest BCUT2D eigenvalue weighted by Crippen LogP contribution is -2.27. The summed E-state index contributed by atoms with van der Waals surface area (Å²) < 4.78 is 0. The second kappa shape index (κ2) is 5.01. The van der Waals surface area contributed by atoms with Crippen molar-refractivity contribution >= 4 is 29.0 Å². The van der Waals surface area contributed by atoms with Crippen molar-refractivity contribution in [2.45, 2.75) is 0 Å². The Balaban J connectivity index is 2.34. The number of nitrogen functional groups attached to an aromatic ring is 1. The molecular weight excluding hydrogens is 252 g/mol. The molecule has 92 valence electrons. The molecular formula is C12H11ClN4O. The highest BCUT2D eigenvalue weighted by atomic mass is 35.5. The zero-order valence-corrected chi connectivity index (χ0v) is 10.4. The number of hydrogen-bond donors (Lipinski definition) is 1. The number of anilines is 2. The van der Waals surface area contributed by atoms with Gasteiger partial charge in [0.05, 0.1) is 17.4 Å². The maximum Gasteiger partial charge on any atom is 0.262 e. The van der Waals surface area contributed by atoms with Crippen LogP contribution in [0, 0.1) is 0 Å². The zero-order valence-electron chi connectivity index (χ0n) is 9.67. The lowest BCUT2D eigenvalue weighted by molar-refractivity contribution is 0.0992. The highest BCUT2D eigenvalue weighted by molar-refractivity contribution is 6.33. The Morgan fingerprint density at radius 2 is 2.17 bits per heavy atom. The third kappa shape index (κ3) is 2.41. The summed E-state index contributed by atoms with van der Waals surface area (Å²) in [7, 11) is 1.62. The van der Waals surface area contributed by atoms with Crippen molar-refractivity contribution in [1.29, 1.82) is 0 Å². The van der Waals surface area contributed by atoms with Crippen molar-refractivity contribution in [3.63, 3.8) is 0 Å². The van der Waals surface area contributed by atoms with E-state index in [-0.39, 0.29) is 16.6 Å². The monoisotopic (exact) mass is 262 g/mol. The van der Waals surface area contributed by atoms with Crippen molar-refractivity contribution in [2.24, 2.45) is 0 Å². The molecule has 0 saturated heterocycles. The molecule has 0 aromatic carbocycles. The Bertz CT molecular complexity index is 574. The van der Waals surface area contributed by atoms with E-state index in [0.29, 0.717) is 11.5 Å². The van der Waals surface area contributed by atoms with Gasteiger partial charge >= 0.3 is 0 Å². The number of carbonyl (C=O) groups excluding carboxylic acids is 1. The van der Waals surface area contributed by atoms with Gasteiger partial charge in [-0.25, -0.2) is 9.97 Å². The molecule has 0 radical (unpaired) electrons. The van der Waals surface area contributed by atoms with Gasteiger partial charge in [-0.2, -0.15) is 0 Å². The topological polar surface area (TPSA) is 72.1 Å². The summed E-state index contributed by atoms with van der Waals surface area (Å²) in [5.74, 6) is 0.222. The minimum Gasteiger partial charge on any atom is -0.397 e. The first-order valence-corrected chi connectivity index (χ1v) is 5.57. The minimum absolute atomic E-state index is 0.122. The van der Waals surface area contributed by atoms with Crippen molar-refractivity contribution in [2.75, 3.05) is 17.7 Å². The number of rotatable bonds is 2. The summed E-state index contributed by atoms with van der Waals surface area (Å²) in [6.45, 7) is 0. The normalized spacial score (nSPS) is 10.1. The molecule has 2 rings (SSSR count). The molecule has 0 bridgehead atoms. The number of halogens is 1. The summed E-state index contributed by atoms with van der Waals surface area (Å²) in [6, 6.07) is 6.80. The van der Waals surface area contributed by atoms with E-state index in [1.165, 1.54) is 17.2 Å². The number of amides is 1. The summed E-state index contributed by atoms with van der Waals surface area (Å²) >= 11 is 5.89. The smallest absolute Gasteiger partial charge is 0.262 e. The van der Waals surface area contributed by atoms with Gasteiger partial charge < -0.3 is 5.73 Å². The van der Waals surface area contributed by atoms with Gasteiger partial charge in [-0.3, -0.25) is 9.69 Å². The summed E-state index contributed by atoms with van der Waals surface area (Å²) in [6.07, 6.45) is 3.01. The standard InChI is InChI=1S/C12H11ClN4O/c1-17(10-4-2-3-5-15-10)12(18)9-6-8(14)7-16-11(9)13/h2-7H,14H2,1H3. The third-order valence-corrected chi connectivity index (χ3v) is 2.69. The maximum absolute atomic E-state index is 12.2. The molecule has 0 spiro atoms. The van der Waals surface area contributed by atoms with Crippen LogP contribution in [0.3, 0.4) is 0 Å². The molecule has 6 heteroatoms. The van der Waals surface area contributed by atoms with Gasteiger partial charge in [0.2, 0.25) is 0 Å². The predicted molar refractivity (Wildman–Crippen MR) is 70.6 cm³/mol. The molecule has 1 amide bonds. The number of pyridine rings is 2. The second-order valence-electron chi connectivity index (χ2n) is 3.66.